The third-order valence-corrected chi connectivity index (χ3v) is 20.5. The Labute approximate surface area is 134 Å². The molecule has 0 nitrogen and oxygen atoms in total. The summed E-state index contributed by atoms with van der Waals surface area (Å²) < 4.78 is 0. The molecule has 118 valence electrons. The standard InChI is InChI=1S/C19H33PSi/c1-17(2,3)21(18(4,5)6)16(20-21)19-10-13-7-14(11-19)9-15(8-13)12-19/h13-15H,7-12H2,1-6H3. The van der Waals surface area contributed by atoms with E-state index in [2.05, 4.69) is 46.5 Å². The van der Waals surface area contributed by atoms with E-state index < -0.39 is 7.74 Å². The van der Waals surface area contributed by atoms with Gasteiger partial charge in [-0.25, -0.2) is 0 Å². The van der Waals surface area contributed by atoms with Crippen molar-refractivity contribution in [3.63, 3.8) is 0 Å². The van der Waals surface area contributed by atoms with Crippen LogP contribution in [-0.4, -0.2) is 12.7 Å². The Morgan fingerprint density at radius 3 is 1.48 bits per heavy atom. The molecule has 0 unspecified atom stereocenters. The van der Waals surface area contributed by atoms with Crippen LogP contribution in [-0.2, 0) is 0 Å². The minimum absolute atomic E-state index is 0.547. The molecule has 0 radical (unpaired) electrons. The van der Waals surface area contributed by atoms with Gasteiger partial charge in [0.25, 0.3) is 0 Å². The molecular formula is C19H33PSi. The van der Waals surface area contributed by atoms with Crippen molar-refractivity contribution in [1.29, 1.82) is 0 Å². The third kappa shape index (κ3) is 1.89. The molecule has 4 saturated carbocycles. The van der Waals surface area contributed by atoms with Gasteiger partial charge in [0, 0.05) is 0 Å². The van der Waals surface area contributed by atoms with Crippen molar-refractivity contribution in [2.45, 2.75) is 90.1 Å². The van der Waals surface area contributed by atoms with Crippen LogP contribution in [0.1, 0.15) is 80.1 Å². The van der Waals surface area contributed by atoms with Gasteiger partial charge in [0.15, 0.2) is 7.74 Å². The van der Waals surface area contributed by atoms with E-state index in [1.165, 1.54) is 0 Å². The van der Waals surface area contributed by atoms with Crippen molar-refractivity contribution in [2.75, 3.05) is 0 Å². The van der Waals surface area contributed by atoms with E-state index in [0.717, 1.165) is 23.2 Å². The van der Waals surface area contributed by atoms with Crippen LogP contribution in [0.5, 0.6) is 0 Å². The highest BCUT2D eigenvalue weighted by atomic mass is 31.3. The zero-order chi connectivity index (χ0) is 15.3. The van der Waals surface area contributed by atoms with Crippen molar-refractivity contribution in [2.24, 2.45) is 23.2 Å². The summed E-state index contributed by atoms with van der Waals surface area (Å²) in [6, 6.07) is 0. The molecule has 1 heterocycles. The molecule has 0 spiro atoms. The van der Waals surface area contributed by atoms with Crippen LogP contribution in [0.25, 0.3) is 0 Å². The van der Waals surface area contributed by atoms with Crippen molar-refractivity contribution in [3.8, 4) is 0 Å². The predicted octanol–water partition coefficient (Wildman–Crippen LogP) is 6.42. The second kappa shape index (κ2) is 4.07. The number of rotatable bonds is 1. The van der Waals surface area contributed by atoms with Gasteiger partial charge in [-0.15, -0.1) is 7.75 Å². The molecule has 0 atom stereocenters. The van der Waals surface area contributed by atoms with Crippen molar-refractivity contribution >= 4 is 20.4 Å². The Kier molecular flexibility index (Phi) is 2.90. The average molecular weight is 321 g/mol. The fourth-order valence-electron chi connectivity index (χ4n) is 7.21. The van der Waals surface area contributed by atoms with E-state index in [4.69, 9.17) is 0 Å². The molecule has 0 N–H and O–H groups in total. The van der Waals surface area contributed by atoms with Crippen molar-refractivity contribution in [1.82, 2.24) is 0 Å². The van der Waals surface area contributed by atoms with E-state index in [9.17, 15) is 0 Å². The highest BCUT2D eigenvalue weighted by molar-refractivity contribution is 8.08. The molecule has 2 heteroatoms. The summed E-state index contributed by atoms with van der Waals surface area (Å²) in [5, 5.41) is 1.09. The van der Waals surface area contributed by atoms with Gasteiger partial charge in [-0.3, -0.25) is 0 Å². The maximum absolute atomic E-state index is 2.56. The smallest absolute Gasteiger partial charge is 0.124 e. The Morgan fingerprint density at radius 1 is 0.810 bits per heavy atom. The number of hydrogen-bond acceptors (Lipinski definition) is 0. The fourth-order valence-corrected chi connectivity index (χ4v) is 20.7. The van der Waals surface area contributed by atoms with Crippen molar-refractivity contribution in [3.05, 3.63) is 0 Å². The molecule has 5 aliphatic rings. The quantitative estimate of drug-likeness (QED) is 0.386. The molecule has 5 rings (SSSR count). The highest BCUT2D eigenvalue weighted by Gasteiger charge is 2.69. The summed E-state index contributed by atoms with van der Waals surface area (Å²) in [4.78, 5) is 2.13. The zero-order valence-corrected chi connectivity index (χ0v) is 16.8. The minimum atomic E-state index is -1.28. The molecular weight excluding hydrogens is 287 g/mol. The largest absolute Gasteiger partial charge is 0.152 e. The average Bonchev–Trinajstić information content (AvgIpc) is 3.01. The van der Waals surface area contributed by atoms with Gasteiger partial charge in [-0.05, 0) is 76.7 Å². The summed E-state index contributed by atoms with van der Waals surface area (Å²) in [6.45, 7) is 15.4. The summed E-state index contributed by atoms with van der Waals surface area (Å²) in [6.07, 6.45) is 9.52. The lowest BCUT2D eigenvalue weighted by atomic mass is 9.50. The molecule has 0 aromatic heterocycles. The van der Waals surface area contributed by atoms with E-state index in [1.807, 2.05) is 7.75 Å². The lowest BCUT2D eigenvalue weighted by molar-refractivity contribution is -0.00977. The van der Waals surface area contributed by atoms with Crippen LogP contribution < -0.4 is 0 Å². The molecule has 21 heavy (non-hydrogen) atoms. The first-order valence-corrected chi connectivity index (χ1v) is 12.9. The van der Waals surface area contributed by atoms with Gasteiger partial charge in [0.2, 0.25) is 0 Å². The number of hydrogen-bond donors (Lipinski definition) is 0. The molecule has 4 fully saturated rings. The van der Waals surface area contributed by atoms with Crippen LogP contribution in [0.4, 0.5) is 0 Å². The third-order valence-electron chi connectivity index (χ3n) is 7.28. The molecule has 1 aliphatic heterocycles. The molecule has 0 saturated heterocycles. The van der Waals surface area contributed by atoms with Crippen LogP contribution in [0.15, 0.2) is 0 Å². The van der Waals surface area contributed by atoms with Crippen LogP contribution in [0.3, 0.4) is 0 Å². The molecule has 0 aromatic carbocycles. The van der Waals surface area contributed by atoms with E-state index in [-0.39, 0.29) is 0 Å². The molecule has 0 aromatic rings. The van der Waals surface area contributed by atoms with Crippen LogP contribution in [0.2, 0.25) is 10.1 Å². The topological polar surface area (TPSA) is 0 Å². The lowest BCUT2D eigenvalue weighted by Gasteiger charge is -2.58. The first kappa shape index (κ1) is 14.9. The van der Waals surface area contributed by atoms with Gasteiger partial charge in [0.1, 0.15) is 0 Å². The van der Waals surface area contributed by atoms with E-state index >= 15 is 0 Å². The maximum Gasteiger partial charge on any atom is 0.152 e. The maximum atomic E-state index is 2.56. The molecule has 0 amide bonds. The minimum Gasteiger partial charge on any atom is -0.124 e. The Balaban J connectivity index is 1.71. The highest BCUT2D eigenvalue weighted by Crippen LogP contribution is 2.74. The second-order valence-corrected chi connectivity index (χ2v) is 19.6. The SMILES string of the molecule is CC(C)(C)[Si]1(C(C)(C)C)P=C1C12CC3CC(CC(C3)C1)C2. The normalized spacial score (nSPS) is 44.7. The van der Waals surface area contributed by atoms with E-state index in [1.54, 1.807) is 38.5 Å². The summed E-state index contributed by atoms with van der Waals surface area (Å²) in [5.41, 5.74) is 0.725. The van der Waals surface area contributed by atoms with Crippen molar-refractivity contribution < 1.29 is 0 Å². The Hall–Kier alpha value is 0.387. The Bertz CT molecular complexity index is 453. The monoisotopic (exact) mass is 320 g/mol. The van der Waals surface area contributed by atoms with Crippen LogP contribution >= 0.6 is 7.75 Å². The van der Waals surface area contributed by atoms with Gasteiger partial charge < -0.3 is 0 Å². The van der Waals surface area contributed by atoms with Crippen LogP contribution in [0, 0.1) is 23.2 Å². The van der Waals surface area contributed by atoms with Gasteiger partial charge in [0.05, 0.1) is 0 Å². The lowest BCUT2D eigenvalue weighted by Crippen LogP contribution is -2.55. The van der Waals surface area contributed by atoms with Gasteiger partial charge in [-0.1, -0.05) is 41.5 Å². The summed E-state index contributed by atoms with van der Waals surface area (Å²) >= 11 is 0. The second-order valence-electron chi connectivity index (χ2n) is 10.9. The Morgan fingerprint density at radius 2 is 1.19 bits per heavy atom. The fraction of sp³-hybridized carbons (Fsp3) is 0.947. The van der Waals surface area contributed by atoms with Gasteiger partial charge in [-0.2, -0.15) is 0 Å². The first-order chi connectivity index (χ1) is 9.57. The molecule has 4 bridgehead atoms. The summed E-state index contributed by atoms with van der Waals surface area (Å²) in [7, 11) is 0.582. The first-order valence-electron chi connectivity index (χ1n) is 9.18. The predicted molar refractivity (Wildman–Crippen MR) is 97.7 cm³/mol. The molecule has 4 aliphatic carbocycles. The summed E-state index contributed by atoms with van der Waals surface area (Å²) in [5.74, 6) is 3.31. The van der Waals surface area contributed by atoms with Gasteiger partial charge >= 0.3 is 0 Å². The zero-order valence-electron chi connectivity index (χ0n) is 14.9. The van der Waals surface area contributed by atoms with E-state index in [0.29, 0.717) is 10.1 Å².